The maximum absolute atomic E-state index is 4.12. The van der Waals surface area contributed by atoms with E-state index in [1.807, 2.05) is 6.07 Å². The summed E-state index contributed by atoms with van der Waals surface area (Å²) in [6, 6.07) is 1.94. The summed E-state index contributed by atoms with van der Waals surface area (Å²) in [5, 5.41) is 0. The van der Waals surface area contributed by atoms with Gasteiger partial charge in [-0.2, -0.15) is 12.6 Å². The number of hydrogen-bond donors (Lipinski definition) is 1. The van der Waals surface area contributed by atoms with Gasteiger partial charge in [0.05, 0.1) is 0 Å². The number of rotatable bonds is 1. The first-order chi connectivity index (χ1) is 4.34. The molecule has 3 heteroatoms. The lowest BCUT2D eigenvalue weighted by molar-refractivity contribution is 1.25. The average Bonchev–Trinajstić information content (AvgIpc) is 1.89. The van der Waals surface area contributed by atoms with Crippen molar-refractivity contribution in [1.82, 2.24) is 4.98 Å². The number of hydrogen-bond acceptors (Lipinski definition) is 2. The van der Waals surface area contributed by atoms with Gasteiger partial charge in [-0.3, -0.25) is 4.98 Å². The SMILES string of the molecule is SCc1ccncc1Br. The zero-order valence-electron chi connectivity index (χ0n) is 4.71. The van der Waals surface area contributed by atoms with E-state index in [-0.39, 0.29) is 0 Å². The van der Waals surface area contributed by atoms with Crippen molar-refractivity contribution >= 4 is 28.6 Å². The van der Waals surface area contributed by atoms with Crippen molar-refractivity contribution in [2.45, 2.75) is 5.75 Å². The van der Waals surface area contributed by atoms with Gasteiger partial charge in [-0.1, -0.05) is 0 Å². The minimum absolute atomic E-state index is 0.753. The lowest BCUT2D eigenvalue weighted by Crippen LogP contribution is -1.79. The zero-order valence-corrected chi connectivity index (χ0v) is 7.19. The van der Waals surface area contributed by atoms with Gasteiger partial charge in [0.1, 0.15) is 0 Å². The molecule has 0 saturated carbocycles. The molecular formula is C6H6BrNS. The van der Waals surface area contributed by atoms with Gasteiger partial charge >= 0.3 is 0 Å². The summed E-state index contributed by atoms with van der Waals surface area (Å²) in [4.78, 5) is 3.91. The highest BCUT2D eigenvalue weighted by molar-refractivity contribution is 9.10. The molecule has 0 aromatic carbocycles. The number of aromatic nitrogens is 1. The third kappa shape index (κ3) is 1.69. The minimum atomic E-state index is 0.753. The van der Waals surface area contributed by atoms with Crippen LogP contribution < -0.4 is 0 Å². The molecule has 0 aliphatic carbocycles. The van der Waals surface area contributed by atoms with Crippen molar-refractivity contribution in [3.63, 3.8) is 0 Å². The fraction of sp³-hybridized carbons (Fsp3) is 0.167. The molecule has 0 N–H and O–H groups in total. The Kier molecular flexibility index (Phi) is 2.54. The van der Waals surface area contributed by atoms with Gasteiger partial charge in [-0.25, -0.2) is 0 Å². The second-order valence-electron chi connectivity index (χ2n) is 1.63. The standard InChI is InChI=1S/C6H6BrNS/c7-6-3-8-2-1-5(6)4-9/h1-3,9H,4H2. The lowest BCUT2D eigenvalue weighted by atomic mass is 10.3. The summed E-state index contributed by atoms with van der Waals surface area (Å²) in [6.45, 7) is 0. The Bertz CT molecular complexity index is 202. The second-order valence-corrected chi connectivity index (χ2v) is 2.80. The van der Waals surface area contributed by atoms with E-state index < -0.39 is 0 Å². The molecule has 0 bridgehead atoms. The largest absolute Gasteiger partial charge is 0.264 e. The van der Waals surface area contributed by atoms with E-state index in [2.05, 4.69) is 33.5 Å². The molecule has 1 heterocycles. The van der Waals surface area contributed by atoms with E-state index in [4.69, 9.17) is 0 Å². The summed E-state index contributed by atoms with van der Waals surface area (Å²) >= 11 is 7.47. The summed E-state index contributed by atoms with van der Waals surface area (Å²) in [6.07, 6.45) is 3.53. The van der Waals surface area contributed by atoms with Crippen LogP contribution in [-0.4, -0.2) is 4.98 Å². The molecule has 0 radical (unpaired) electrons. The van der Waals surface area contributed by atoms with Crippen LogP contribution >= 0.6 is 28.6 Å². The van der Waals surface area contributed by atoms with E-state index in [1.165, 1.54) is 5.56 Å². The fourth-order valence-electron chi connectivity index (χ4n) is 0.532. The van der Waals surface area contributed by atoms with Crippen LogP contribution in [0.15, 0.2) is 22.9 Å². The lowest BCUT2D eigenvalue weighted by Gasteiger charge is -1.95. The third-order valence-electron chi connectivity index (χ3n) is 1.03. The Morgan fingerprint density at radius 3 is 2.89 bits per heavy atom. The van der Waals surface area contributed by atoms with Crippen LogP contribution in [0.5, 0.6) is 0 Å². The van der Waals surface area contributed by atoms with Crippen LogP contribution in [0.25, 0.3) is 0 Å². The molecule has 0 spiro atoms. The maximum atomic E-state index is 4.12. The van der Waals surface area contributed by atoms with Gasteiger partial charge in [0, 0.05) is 22.6 Å². The first-order valence-electron chi connectivity index (χ1n) is 2.54. The van der Waals surface area contributed by atoms with Crippen LogP contribution in [-0.2, 0) is 5.75 Å². The summed E-state index contributed by atoms with van der Waals surface area (Å²) < 4.78 is 1.03. The van der Waals surface area contributed by atoms with Gasteiger partial charge < -0.3 is 0 Å². The summed E-state index contributed by atoms with van der Waals surface area (Å²) in [5.74, 6) is 0.753. The quantitative estimate of drug-likeness (QED) is 0.692. The first-order valence-corrected chi connectivity index (χ1v) is 3.96. The number of nitrogens with zero attached hydrogens (tertiary/aromatic N) is 1. The Morgan fingerprint density at radius 2 is 2.44 bits per heavy atom. The molecule has 0 aliphatic rings. The van der Waals surface area contributed by atoms with Crippen molar-refractivity contribution in [3.05, 3.63) is 28.5 Å². The normalized spacial score (nSPS) is 9.56. The monoisotopic (exact) mass is 203 g/mol. The van der Waals surface area contributed by atoms with E-state index in [0.717, 1.165) is 10.2 Å². The van der Waals surface area contributed by atoms with Crippen LogP contribution in [0, 0.1) is 0 Å². The summed E-state index contributed by atoms with van der Waals surface area (Å²) in [5.41, 5.74) is 1.17. The fourth-order valence-corrected chi connectivity index (χ4v) is 1.42. The van der Waals surface area contributed by atoms with Crippen molar-refractivity contribution in [2.24, 2.45) is 0 Å². The van der Waals surface area contributed by atoms with Crippen LogP contribution in [0.3, 0.4) is 0 Å². The van der Waals surface area contributed by atoms with Crippen LogP contribution in [0.2, 0.25) is 0 Å². The van der Waals surface area contributed by atoms with Crippen molar-refractivity contribution in [3.8, 4) is 0 Å². The molecule has 48 valence electrons. The molecule has 9 heavy (non-hydrogen) atoms. The van der Waals surface area contributed by atoms with E-state index in [1.54, 1.807) is 12.4 Å². The topological polar surface area (TPSA) is 12.9 Å². The minimum Gasteiger partial charge on any atom is -0.264 e. The highest BCUT2D eigenvalue weighted by Crippen LogP contribution is 2.15. The Balaban J connectivity index is 3.01. The molecule has 0 unspecified atom stereocenters. The smallest absolute Gasteiger partial charge is 0.0413 e. The number of halogens is 1. The maximum Gasteiger partial charge on any atom is 0.0413 e. The van der Waals surface area contributed by atoms with Crippen LogP contribution in [0.4, 0.5) is 0 Å². The molecule has 0 saturated heterocycles. The van der Waals surface area contributed by atoms with E-state index >= 15 is 0 Å². The molecule has 0 aliphatic heterocycles. The molecule has 0 amide bonds. The van der Waals surface area contributed by atoms with Crippen molar-refractivity contribution in [2.75, 3.05) is 0 Å². The van der Waals surface area contributed by atoms with Crippen molar-refractivity contribution in [1.29, 1.82) is 0 Å². The summed E-state index contributed by atoms with van der Waals surface area (Å²) in [7, 11) is 0. The molecule has 1 nitrogen and oxygen atoms in total. The molecule has 1 rings (SSSR count). The van der Waals surface area contributed by atoms with Crippen molar-refractivity contribution < 1.29 is 0 Å². The van der Waals surface area contributed by atoms with Gasteiger partial charge in [-0.15, -0.1) is 0 Å². The van der Waals surface area contributed by atoms with E-state index in [0.29, 0.717) is 0 Å². The molecule has 1 aromatic rings. The molecular weight excluding hydrogens is 198 g/mol. The molecule has 0 atom stereocenters. The Hall–Kier alpha value is -0.0200. The average molecular weight is 204 g/mol. The van der Waals surface area contributed by atoms with Crippen LogP contribution in [0.1, 0.15) is 5.56 Å². The highest BCUT2D eigenvalue weighted by atomic mass is 79.9. The van der Waals surface area contributed by atoms with E-state index in [9.17, 15) is 0 Å². The van der Waals surface area contributed by atoms with Gasteiger partial charge in [0.2, 0.25) is 0 Å². The van der Waals surface area contributed by atoms with Gasteiger partial charge in [0.25, 0.3) is 0 Å². The first kappa shape index (κ1) is 7.09. The molecule has 1 aromatic heterocycles. The second kappa shape index (κ2) is 3.22. The Labute approximate surface area is 68.0 Å². The predicted molar refractivity (Wildman–Crippen MR) is 44.6 cm³/mol. The van der Waals surface area contributed by atoms with Gasteiger partial charge in [-0.05, 0) is 27.6 Å². The number of thiol groups is 1. The third-order valence-corrected chi connectivity index (χ3v) is 2.08. The molecule has 0 fully saturated rings. The van der Waals surface area contributed by atoms with Gasteiger partial charge in [0.15, 0.2) is 0 Å². The Morgan fingerprint density at radius 1 is 1.67 bits per heavy atom. The predicted octanol–water partition coefficient (Wildman–Crippen LogP) is 2.27. The number of pyridine rings is 1. The highest BCUT2D eigenvalue weighted by Gasteiger charge is 1.92. The zero-order chi connectivity index (χ0) is 6.69.